The number of aromatic nitrogens is 2. The summed E-state index contributed by atoms with van der Waals surface area (Å²) >= 11 is 11.4. The number of nitrogens with zero attached hydrogens (tertiary/aromatic N) is 3. The lowest BCUT2D eigenvalue weighted by Gasteiger charge is -2.28. The molecule has 0 unspecified atom stereocenters. The van der Waals surface area contributed by atoms with E-state index < -0.39 is 0 Å². The zero-order valence-electron chi connectivity index (χ0n) is 16.8. The normalized spacial score (nSPS) is 13.5. The highest BCUT2D eigenvalue weighted by Crippen LogP contribution is 2.25. The second-order valence-corrected chi connectivity index (χ2v) is 7.68. The van der Waals surface area contributed by atoms with Gasteiger partial charge >= 0.3 is 0 Å². The van der Waals surface area contributed by atoms with Gasteiger partial charge in [-0.25, -0.2) is 0 Å². The van der Waals surface area contributed by atoms with Gasteiger partial charge in [0.15, 0.2) is 5.11 Å². The third kappa shape index (κ3) is 6.27. The van der Waals surface area contributed by atoms with E-state index in [0.717, 1.165) is 24.5 Å². The molecule has 3 aromatic rings. The number of ether oxygens (including phenoxy) is 2. The molecule has 0 amide bonds. The van der Waals surface area contributed by atoms with E-state index in [-0.39, 0.29) is 0 Å². The van der Waals surface area contributed by atoms with Crippen molar-refractivity contribution >= 4 is 40.7 Å². The maximum Gasteiger partial charge on any atom is 0.234 e. The molecule has 0 saturated carbocycles. The van der Waals surface area contributed by atoms with Crippen LogP contribution in [-0.4, -0.2) is 41.4 Å². The minimum absolute atomic E-state index is 0.364. The van der Waals surface area contributed by atoms with Crippen molar-refractivity contribution in [3.05, 3.63) is 71.2 Å². The van der Waals surface area contributed by atoms with E-state index in [0.29, 0.717) is 47.5 Å². The van der Waals surface area contributed by atoms with Gasteiger partial charge in [0.05, 0.1) is 13.2 Å². The molecule has 0 radical (unpaired) electrons. The van der Waals surface area contributed by atoms with Crippen molar-refractivity contribution < 1.29 is 9.47 Å². The number of hydrogen-bond acceptors (Lipinski definition) is 6. The molecule has 4 rings (SSSR count). The molecular weight excluding hydrogens is 434 g/mol. The van der Waals surface area contributed by atoms with E-state index in [1.54, 1.807) is 0 Å². The first-order chi connectivity index (χ1) is 15.2. The number of benzene rings is 2. The fraction of sp³-hybridized carbons (Fsp3) is 0.227. The largest absolute Gasteiger partial charge is 0.439 e. The molecule has 7 nitrogen and oxygen atoms in total. The van der Waals surface area contributed by atoms with E-state index >= 15 is 0 Å². The number of nitrogens with one attached hydrogen (secondary N) is 2. The van der Waals surface area contributed by atoms with Crippen molar-refractivity contribution in [3.63, 3.8) is 0 Å². The quantitative estimate of drug-likeness (QED) is 0.534. The molecular formula is C22H22ClN5O2S. The Hall–Kier alpha value is -2.94. The Morgan fingerprint density at radius 2 is 1.81 bits per heavy atom. The monoisotopic (exact) mass is 455 g/mol. The molecule has 2 aromatic carbocycles. The molecule has 0 atom stereocenters. The number of rotatable bonds is 6. The van der Waals surface area contributed by atoms with E-state index in [4.69, 9.17) is 33.3 Å². The van der Waals surface area contributed by atoms with E-state index in [1.807, 2.05) is 60.7 Å². The van der Waals surface area contributed by atoms with Crippen LogP contribution in [0, 0.1) is 0 Å². The van der Waals surface area contributed by atoms with Gasteiger partial charge in [-0.3, -0.25) is 0 Å². The molecule has 0 bridgehead atoms. The van der Waals surface area contributed by atoms with E-state index in [9.17, 15) is 0 Å². The van der Waals surface area contributed by atoms with Crippen molar-refractivity contribution in [1.82, 2.24) is 15.3 Å². The van der Waals surface area contributed by atoms with Crippen molar-refractivity contribution in [2.75, 3.05) is 36.5 Å². The highest BCUT2D eigenvalue weighted by atomic mass is 35.5. The highest BCUT2D eigenvalue weighted by Gasteiger charge is 2.16. The van der Waals surface area contributed by atoms with E-state index in [2.05, 4.69) is 25.5 Å². The molecule has 9 heteroatoms. The fourth-order valence-corrected chi connectivity index (χ4v) is 3.30. The van der Waals surface area contributed by atoms with Crippen LogP contribution in [0.4, 0.5) is 11.8 Å². The van der Waals surface area contributed by atoms with Crippen molar-refractivity contribution in [3.8, 4) is 11.6 Å². The first kappa shape index (κ1) is 21.3. The predicted molar refractivity (Wildman–Crippen MR) is 126 cm³/mol. The number of anilines is 2. The van der Waals surface area contributed by atoms with Gasteiger partial charge in [0.25, 0.3) is 0 Å². The van der Waals surface area contributed by atoms with Gasteiger partial charge in [-0.1, -0.05) is 41.9 Å². The van der Waals surface area contributed by atoms with Crippen LogP contribution >= 0.6 is 23.8 Å². The number of halogens is 1. The Balaban J connectivity index is 1.48. The van der Waals surface area contributed by atoms with Crippen LogP contribution in [0.25, 0.3) is 0 Å². The Bertz CT molecular complexity index is 1010. The summed E-state index contributed by atoms with van der Waals surface area (Å²) in [6, 6.07) is 18.9. The van der Waals surface area contributed by atoms with Gasteiger partial charge < -0.3 is 25.0 Å². The van der Waals surface area contributed by atoms with Crippen LogP contribution < -0.4 is 20.3 Å². The summed E-state index contributed by atoms with van der Waals surface area (Å²) in [6.07, 6.45) is 0. The van der Waals surface area contributed by atoms with Gasteiger partial charge in [-0.05, 0) is 42.0 Å². The standard InChI is InChI=1S/C22H22ClN5O2S/c23-17-8-6-16(7-9-17)15-24-22(31)27-21-25-19(28-10-12-29-13-11-28)14-20(26-21)30-18-4-2-1-3-5-18/h1-9,14H,10-13,15H2,(H2,24,25,26,27,31). The number of hydrogen-bond donors (Lipinski definition) is 2. The van der Waals surface area contributed by atoms with Gasteiger partial charge in [0, 0.05) is 30.7 Å². The predicted octanol–water partition coefficient (Wildman–Crippen LogP) is 4.25. The second-order valence-electron chi connectivity index (χ2n) is 6.84. The van der Waals surface area contributed by atoms with Gasteiger partial charge in [-0.15, -0.1) is 0 Å². The lowest BCUT2D eigenvalue weighted by atomic mass is 10.2. The Morgan fingerprint density at radius 3 is 2.55 bits per heavy atom. The summed E-state index contributed by atoms with van der Waals surface area (Å²) in [5, 5.41) is 7.34. The summed E-state index contributed by atoms with van der Waals surface area (Å²) in [6.45, 7) is 3.37. The summed E-state index contributed by atoms with van der Waals surface area (Å²) < 4.78 is 11.4. The van der Waals surface area contributed by atoms with Crippen LogP contribution in [0.15, 0.2) is 60.7 Å². The molecule has 160 valence electrons. The minimum atomic E-state index is 0.364. The SMILES string of the molecule is S=C(NCc1ccc(Cl)cc1)Nc1nc(Oc2ccccc2)cc(N2CCOCC2)n1. The van der Waals surface area contributed by atoms with Gasteiger partial charge in [0.1, 0.15) is 11.6 Å². The first-order valence-corrected chi connectivity index (χ1v) is 10.7. The average Bonchev–Trinajstić information content (AvgIpc) is 2.80. The number of morpholine rings is 1. The number of thiocarbonyl (C=S) groups is 1. The maximum absolute atomic E-state index is 5.95. The molecule has 2 N–H and O–H groups in total. The maximum atomic E-state index is 5.95. The third-order valence-corrected chi connectivity index (χ3v) is 5.08. The van der Waals surface area contributed by atoms with Crippen LogP contribution in [0.2, 0.25) is 5.02 Å². The molecule has 1 aliphatic heterocycles. The Morgan fingerprint density at radius 1 is 1.06 bits per heavy atom. The van der Waals surface area contributed by atoms with Crippen LogP contribution in [0.5, 0.6) is 11.6 Å². The molecule has 1 fully saturated rings. The van der Waals surface area contributed by atoms with Crippen molar-refractivity contribution in [2.24, 2.45) is 0 Å². The zero-order chi connectivity index (χ0) is 21.5. The van der Waals surface area contributed by atoms with Crippen molar-refractivity contribution in [2.45, 2.75) is 6.54 Å². The summed E-state index contributed by atoms with van der Waals surface area (Å²) in [5.74, 6) is 2.25. The van der Waals surface area contributed by atoms with Crippen LogP contribution in [0.1, 0.15) is 5.56 Å². The van der Waals surface area contributed by atoms with E-state index in [1.165, 1.54) is 0 Å². The van der Waals surface area contributed by atoms with Gasteiger partial charge in [0.2, 0.25) is 11.8 Å². The average molecular weight is 456 g/mol. The molecule has 1 saturated heterocycles. The topological polar surface area (TPSA) is 71.5 Å². The molecule has 1 aromatic heterocycles. The molecule has 2 heterocycles. The van der Waals surface area contributed by atoms with Crippen molar-refractivity contribution in [1.29, 1.82) is 0 Å². The van der Waals surface area contributed by atoms with Crippen LogP contribution in [-0.2, 0) is 11.3 Å². The first-order valence-electron chi connectivity index (χ1n) is 9.90. The number of para-hydroxylation sites is 1. The minimum Gasteiger partial charge on any atom is -0.439 e. The zero-order valence-corrected chi connectivity index (χ0v) is 18.3. The summed E-state index contributed by atoms with van der Waals surface area (Å²) in [7, 11) is 0. The third-order valence-electron chi connectivity index (χ3n) is 4.58. The summed E-state index contributed by atoms with van der Waals surface area (Å²) in [4.78, 5) is 11.2. The second kappa shape index (κ2) is 10.4. The Kier molecular flexibility index (Phi) is 7.14. The molecule has 0 aliphatic carbocycles. The Labute approximate surface area is 191 Å². The van der Waals surface area contributed by atoms with Gasteiger partial charge in [-0.2, -0.15) is 9.97 Å². The molecule has 1 aliphatic rings. The molecule has 31 heavy (non-hydrogen) atoms. The lowest BCUT2D eigenvalue weighted by Crippen LogP contribution is -2.37. The van der Waals surface area contributed by atoms with Crippen LogP contribution in [0.3, 0.4) is 0 Å². The smallest absolute Gasteiger partial charge is 0.234 e. The summed E-state index contributed by atoms with van der Waals surface area (Å²) in [5.41, 5.74) is 1.06. The fourth-order valence-electron chi connectivity index (χ4n) is 3.02. The lowest BCUT2D eigenvalue weighted by molar-refractivity contribution is 0.122. The molecule has 0 spiro atoms. The highest BCUT2D eigenvalue weighted by molar-refractivity contribution is 7.80.